The highest BCUT2D eigenvalue weighted by atomic mass is 79.9. The topological polar surface area (TPSA) is 91.9 Å². The highest BCUT2D eigenvalue weighted by Crippen LogP contribution is 2.49. The van der Waals surface area contributed by atoms with Gasteiger partial charge in [0.2, 0.25) is 5.75 Å². The average Bonchev–Trinajstić information content (AvgIpc) is 3.13. The number of pyridine rings is 1. The minimum Gasteiger partial charge on any atom is -0.501 e. The number of hydrogen-bond acceptors (Lipinski definition) is 7. The zero-order chi connectivity index (χ0) is 18.4. The van der Waals surface area contributed by atoms with Crippen molar-refractivity contribution in [2.24, 2.45) is 4.99 Å². The van der Waals surface area contributed by atoms with Crippen LogP contribution in [0.2, 0.25) is 0 Å². The van der Waals surface area contributed by atoms with Crippen LogP contribution in [0.5, 0.6) is 5.75 Å². The van der Waals surface area contributed by atoms with E-state index in [1.807, 2.05) is 18.2 Å². The van der Waals surface area contributed by atoms with Gasteiger partial charge in [-0.3, -0.25) is 20.1 Å². The van der Waals surface area contributed by atoms with Crippen molar-refractivity contribution >= 4 is 38.5 Å². The molecule has 4 rings (SSSR count). The summed E-state index contributed by atoms with van der Waals surface area (Å²) in [5.41, 5.74) is 1.23. The molecule has 2 aromatic rings. The van der Waals surface area contributed by atoms with Crippen LogP contribution in [0, 0.1) is 10.1 Å². The third-order valence-corrected chi connectivity index (χ3v) is 6.19. The average molecular weight is 435 g/mol. The van der Waals surface area contributed by atoms with E-state index in [0.29, 0.717) is 9.72 Å². The Hall–Kier alpha value is -2.13. The van der Waals surface area contributed by atoms with Crippen LogP contribution >= 0.6 is 27.7 Å². The van der Waals surface area contributed by atoms with Crippen LogP contribution in [-0.4, -0.2) is 36.9 Å². The first kappa shape index (κ1) is 17.3. The number of fused-ring (bicyclic) bond motifs is 1. The highest BCUT2D eigenvalue weighted by Gasteiger charge is 2.44. The Labute approximate surface area is 162 Å². The van der Waals surface area contributed by atoms with Crippen LogP contribution in [0.4, 0.5) is 5.69 Å². The Morgan fingerprint density at radius 1 is 1.42 bits per heavy atom. The molecule has 1 aromatic heterocycles. The molecule has 0 radical (unpaired) electrons. The van der Waals surface area contributed by atoms with Gasteiger partial charge in [-0.05, 0) is 39.7 Å². The molecular weight excluding hydrogens is 420 g/mol. The Kier molecular flexibility index (Phi) is 4.36. The number of benzene rings is 1. The highest BCUT2D eigenvalue weighted by molar-refractivity contribution is 9.10. The van der Waals surface area contributed by atoms with E-state index in [0.717, 1.165) is 23.0 Å². The monoisotopic (exact) mass is 434 g/mol. The Balaban J connectivity index is 1.84. The second kappa shape index (κ2) is 6.55. The fourth-order valence-corrected chi connectivity index (χ4v) is 4.95. The van der Waals surface area contributed by atoms with Gasteiger partial charge in [-0.15, -0.1) is 0 Å². The first-order valence-corrected chi connectivity index (χ1v) is 9.72. The SMILES string of the molecule is C[C@H]1CN2C(=N[C@H](c3ccccn3)[C@@H]2c2cc(Br)c(O)c([N+](=O)[O-])c2)S1. The Bertz CT molecular complexity index is 908. The quantitative estimate of drug-likeness (QED) is 0.578. The molecule has 1 aromatic carbocycles. The summed E-state index contributed by atoms with van der Waals surface area (Å²) >= 11 is 4.95. The van der Waals surface area contributed by atoms with E-state index >= 15 is 0 Å². The number of halogens is 1. The first-order chi connectivity index (χ1) is 12.5. The molecule has 0 bridgehead atoms. The Morgan fingerprint density at radius 2 is 2.23 bits per heavy atom. The van der Waals surface area contributed by atoms with E-state index in [1.54, 1.807) is 24.0 Å². The lowest BCUT2D eigenvalue weighted by atomic mass is 9.96. The molecule has 7 nitrogen and oxygen atoms in total. The van der Waals surface area contributed by atoms with Crippen molar-refractivity contribution in [3.8, 4) is 5.75 Å². The van der Waals surface area contributed by atoms with Crippen LogP contribution in [0.15, 0.2) is 46.0 Å². The second-order valence-corrected chi connectivity index (χ2v) is 8.52. The number of hydrogen-bond donors (Lipinski definition) is 1. The number of aromatic nitrogens is 1. The third-order valence-electron chi connectivity index (χ3n) is 4.49. The molecular formula is C17H15BrN4O3S. The summed E-state index contributed by atoms with van der Waals surface area (Å²) < 4.78 is 0.301. The smallest absolute Gasteiger partial charge is 0.312 e. The zero-order valence-electron chi connectivity index (χ0n) is 13.7. The van der Waals surface area contributed by atoms with E-state index in [2.05, 4.69) is 32.7 Å². The van der Waals surface area contributed by atoms with Crippen molar-refractivity contribution in [3.05, 3.63) is 62.4 Å². The number of aliphatic imine (C=N–C) groups is 1. The van der Waals surface area contributed by atoms with Gasteiger partial charge in [0.1, 0.15) is 6.04 Å². The van der Waals surface area contributed by atoms with Crippen molar-refractivity contribution in [2.75, 3.05) is 6.54 Å². The molecule has 9 heteroatoms. The van der Waals surface area contributed by atoms with E-state index in [1.165, 1.54) is 6.07 Å². The van der Waals surface area contributed by atoms with Gasteiger partial charge < -0.3 is 10.0 Å². The molecule has 2 aliphatic rings. The molecule has 26 heavy (non-hydrogen) atoms. The summed E-state index contributed by atoms with van der Waals surface area (Å²) in [6.07, 6.45) is 1.72. The van der Waals surface area contributed by atoms with Crippen LogP contribution < -0.4 is 0 Å². The van der Waals surface area contributed by atoms with Crippen LogP contribution in [0.3, 0.4) is 0 Å². The number of aromatic hydroxyl groups is 1. The van der Waals surface area contributed by atoms with Crippen molar-refractivity contribution in [2.45, 2.75) is 24.3 Å². The number of phenolic OH excluding ortho intramolecular Hbond substituents is 1. The number of rotatable bonds is 3. The van der Waals surface area contributed by atoms with Crippen molar-refractivity contribution in [3.63, 3.8) is 0 Å². The molecule has 1 N–H and O–H groups in total. The molecule has 1 saturated heterocycles. The molecule has 0 unspecified atom stereocenters. The molecule has 3 atom stereocenters. The summed E-state index contributed by atoms with van der Waals surface area (Å²) in [6.45, 7) is 2.94. The predicted molar refractivity (Wildman–Crippen MR) is 103 cm³/mol. The van der Waals surface area contributed by atoms with Gasteiger partial charge in [-0.1, -0.05) is 24.8 Å². The molecule has 1 fully saturated rings. The molecule has 2 aliphatic heterocycles. The van der Waals surface area contributed by atoms with Crippen molar-refractivity contribution in [1.29, 1.82) is 0 Å². The maximum Gasteiger partial charge on any atom is 0.312 e. The number of nitro groups is 1. The number of thioether (sulfide) groups is 1. The van der Waals surface area contributed by atoms with Crippen molar-refractivity contribution < 1.29 is 10.0 Å². The van der Waals surface area contributed by atoms with Gasteiger partial charge in [0.15, 0.2) is 5.17 Å². The molecule has 0 amide bonds. The standard InChI is InChI=1S/C17H15BrN4O3S/c1-9-8-21-15(10-6-11(18)16(23)13(7-10)22(24)25)14(20-17(21)26-9)12-4-2-3-5-19-12/h2-7,9,14-15,23H,8H2,1H3/t9-,14+,15-/m0/s1. The summed E-state index contributed by atoms with van der Waals surface area (Å²) in [4.78, 5) is 22.2. The van der Waals surface area contributed by atoms with Gasteiger partial charge >= 0.3 is 5.69 Å². The van der Waals surface area contributed by atoms with Crippen LogP contribution in [0.1, 0.15) is 30.3 Å². The fraction of sp³-hybridized carbons (Fsp3) is 0.294. The summed E-state index contributed by atoms with van der Waals surface area (Å²) in [7, 11) is 0. The minimum atomic E-state index is -0.572. The lowest BCUT2D eigenvalue weighted by Gasteiger charge is -2.27. The molecule has 0 saturated carbocycles. The fourth-order valence-electron chi connectivity index (χ4n) is 3.39. The number of nitro benzene ring substituents is 1. The normalized spacial score (nSPS) is 24.5. The van der Waals surface area contributed by atoms with Crippen molar-refractivity contribution in [1.82, 2.24) is 9.88 Å². The van der Waals surface area contributed by atoms with Crippen LogP contribution in [-0.2, 0) is 0 Å². The van der Waals surface area contributed by atoms with Gasteiger partial charge in [0.05, 0.1) is 21.1 Å². The first-order valence-electron chi connectivity index (χ1n) is 8.04. The summed E-state index contributed by atoms with van der Waals surface area (Å²) in [5, 5.41) is 22.7. The summed E-state index contributed by atoms with van der Waals surface area (Å²) in [6, 6.07) is 8.40. The molecule has 3 heterocycles. The van der Waals surface area contributed by atoms with E-state index in [4.69, 9.17) is 4.99 Å². The maximum absolute atomic E-state index is 11.3. The lowest BCUT2D eigenvalue weighted by Crippen LogP contribution is -2.28. The van der Waals surface area contributed by atoms with Crippen LogP contribution in [0.25, 0.3) is 0 Å². The maximum atomic E-state index is 11.3. The summed E-state index contributed by atoms with van der Waals surface area (Å²) in [5.74, 6) is -0.364. The van der Waals surface area contributed by atoms with Gasteiger partial charge in [0, 0.05) is 24.1 Å². The molecule has 0 spiro atoms. The second-order valence-electron chi connectivity index (χ2n) is 6.26. The van der Waals surface area contributed by atoms with Gasteiger partial charge in [-0.2, -0.15) is 0 Å². The largest absolute Gasteiger partial charge is 0.501 e. The zero-order valence-corrected chi connectivity index (χ0v) is 16.1. The van der Waals surface area contributed by atoms with E-state index in [9.17, 15) is 15.2 Å². The van der Waals surface area contributed by atoms with Gasteiger partial charge in [-0.25, -0.2) is 0 Å². The molecule has 0 aliphatic carbocycles. The number of amidine groups is 1. The molecule has 134 valence electrons. The lowest BCUT2D eigenvalue weighted by molar-refractivity contribution is -0.386. The third kappa shape index (κ3) is 2.84. The van der Waals surface area contributed by atoms with E-state index < -0.39 is 4.92 Å². The van der Waals surface area contributed by atoms with Gasteiger partial charge in [0.25, 0.3) is 0 Å². The Morgan fingerprint density at radius 3 is 2.92 bits per heavy atom. The number of nitrogens with zero attached hydrogens (tertiary/aromatic N) is 4. The number of phenols is 1. The predicted octanol–water partition coefficient (Wildman–Crippen LogP) is 4.05. The van der Waals surface area contributed by atoms with E-state index in [-0.39, 0.29) is 23.5 Å². The minimum absolute atomic E-state index is 0.201.